The predicted octanol–water partition coefficient (Wildman–Crippen LogP) is 3.27. The van der Waals surface area contributed by atoms with Crippen LogP contribution in [-0.2, 0) is 6.42 Å². The van der Waals surface area contributed by atoms with Crippen LogP contribution in [0, 0.1) is 5.82 Å². The standard InChI is InChI=1S/C16H20FN3/c1-3-6-20-16(13-8-14(17)11-19-10-13)15-5-7-18-9-12(15)4-2/h5,7-11,16,20H,3-4,6H2,1-2H3. The number of pyridine rings is 2. The minimum Gasteiger partial charge on any atom is -0.306 e. The quantitative estimate of drug-likeness (QED) is 0.877. The van der Waals surface area contributed by atoms with Gasteiger partial charge in [-0.15, -0.1) is 0 Å². The fourth-order valence-electron chi connectivity index (χ4n) is 2.30. The second-order valence-electron chi connectivity index (χ2n) is 4.75. The number of rotatable bonds is 6. The fourth-order valence-corrected chi connectivity index (χ4v) is 2.30. The Hall–Kier alpha value is -1.81. The lowest BCUT2D eigenvalue weighted by Crippen LogP contribution is -2.24. The van der Waals surface area contributed by atoms with Crippen LogP contribution < -0.4 is 5.32 Å². The van der Waals surface area contributed by atoms with E-state index in [1.54, 1.807) is 18.5 Å². The summed E-state index contributed by atoms with van der Waals surface area (Å²) < 4.78 is 13.4. The van der Waals surface area contributed by atoms with Gasteiger partial charge in [0.15, 0.2) is 0 Å². The van der Waals surface area contributed by atoms with Gasteiger partial charge in [-0.25, -0.2) is 4.39 Å². The van der Waals surface area contributed by atoms with Crippen LogP contribution in [0.4, 0.5) is 4.39 Å². The van der Waals surface area contributed by atoms with E-state index in [1.807, 2.05) is 12.3 Å². The summed E-state index contributed by atoms with van der Waals surface area (Å²) in [6.45, 7) is 5.08. The minimum absolute atomic E-state index is 0.0453. The zero-order valence-corrected chi connectivity index (χ0v) is 11.9. The molecule has 0 radical (unpaired) electrons. The van der Waals surface area contributed by atoms with Crippen molar-refractivity contribution in [1.29, 1.82) is 0 Å². The Morgan fingerprint density at radius 3 is 2.75 bits per heavy atom. The number of hydrogen-bond acceptors (Lipinski definition) is 3. The number of hydrogen-bond donors (Lipinski definition) is 1. The van der Waals surface area contributed by atoms with Crippen molar-refractivity contribution in [3.8, 4) is 0 Å². The summed E-state index contributed by atoms with van der Waals surface area (Å²) in [5.41, 5.74) is 3.16. The molecule has 0 aliphatic rings. The summed E-state index contributed by atoms with van der Waals surface area (Å²) >= 11 is 0. The van der Waals surface area contributed by atoms with Crippen LogP contribution in [0.25, 0.3) is 0 Å². The van der Waals surface area contributed by atoms with Crippen LogP contribution in [-0.4, -0.2) is 16.5 Å². The van der Waals surface area contributed by atoms with Crippen LogP contribution in [0.5, 0.6) is 0 Å². The van der Waals surface area contributed by atoms with Crippen molar-refractivity contribution in [2.75, 3.05) is 6.54 Å². The number of aryl methyl sites for hydroxylation is 1. The van der Waals surface area contributed by atoms with Gasteiger partial charge in [-0.05, 0) is 48.2 Å². The normalized spacial score (nSPS) is 12.3. The molecule has 3 nitrogen and oxygen atoms in total. The molecule has 1 atom stereocenters. The van der Waals surface area contributed by atoms with Gasteiger partial charge in [0.1, 0.15) is 5.82 Å². The minimum atomic E-state index is -0.307. The Labute approximate surface area is 119 Å². The first-order chi connectivity index (χ1) is 9.76. The van der Waals surface area contributed by atoms with Gasteiger partial charge in [-0.2, -0.15) is 0 Å². The number of nitrogens with zero attached hydrogens (tertiary/aromatic N) is 2. The van der Waals surface area contributed by atoms with Crippen LogP contribution in [0.15, 0.2) is 36.9 Å². The van der Waals surface area contributed by atoms with Gasteiger partial charge in [-0.1, -0.05) is 13.8 Å². The number of aromatic nitrogens is 2. The van der Waals surface area contributed by atoms with Gasteiger partial charge >= 0.3 is 0 Å². The summed E-state index contributed by atoms with van der Waals surface area (Å²) in [5.74, 6) is -0.307. The number of halogens is 1. The molecule has 1 unspecified atom stereocenters. The maximum absolute atomic E-state index is 13.4. The molecule has 0 saturated carbocycles. The van der Waals surface area contributed by atoms with E-state index in [-0.39, 0.29) is 11.9 Å². The summed E-state index contributed by atoms with van der Waals surface area (Å²) in [6.07, 6.45) is 8.52. The first-order valence-electron chi connectivity index (χ1n) is 7.02. The highest BCUT2D eigenvalue weighted by molar-refractivity contribution is 5.34. The Morgan fingerprint density at radius 1 is 1.20 bits per heavy atom. The van der Waals surface area contributed by atoms with Crippen molar-refractivity contribution in [2.45, 2.75) is 32.7 Å². The Morgan fingerprint density at radius 2 is 2.05 bits per heavy atom. The first kappa shape index (κ1) is 14.6. The van der Waals surface area contributed by atoms with Crippen molar-refractivity contribution in [3.63, 3.8) is 0 Å². The highest BCUT2D eigenvalue weighted by Crippen LogP contribution is 2.25. The summed E-state index contributed by atoms with van der Waals surface area (Å²) in [5, 5.41) is 3.47. The van der Waals surface area contributed by atoms with Crippen molar-refractivity contribution < 1.29 is 4.39 Å². The predicted molar refractivity (Wildman–Crippen MR) is 77.9 cm³/mol. The van der Waals surface area contributed by atoms with E-state index >= 15 is 0 Å². The van der Waals surface area contributed by atoms with Crippen LogP contribution in [0.1, 0.15) is 43.0 Å². The average Bonchev–Trinajstić information content (AvgIpc) is 2.48. The van der Waals surface area contributed by atoms with Gasteiger partial charge in [0.25, 0.3) is 0 Å². The summed E-state index contributed by atoms with van der Waals surface area (Å²) in [4.78, 5) is 8.14. The molecule has 2 rings (SSSR count). The van der Waals surface area contributed by atoms with Gasteiger partial charge in [-0.3, -0.25) is 9.97 Å². The van der Waals surface area contributed by atoms with E-state index in [0.29, 0.717) is 0 Å². The van der Waals surface area contributed by atoms with E-state index in [2.05, 4.69) is 29.1 Å². The highest BCUT2D eigenvalue weighted by atomic mass is 19.1. The molecule has 2 aromatic heterocycles. The summed E-state index contributed by atoms with van der Waals surface area (Å²) in [6, 6.07) is 3.49. The molecule has 0 aliphatic carbocycles. The molecule has 20 heavy (non-hydrogen) atoms. The zero-order chi connectivity index (χ0) is 14.4. The van der Waals surface area contributed by atoms with E-state index in [9.17, 15) is 4.39 Å². The maximum atomic E-state index is 13.4. The van der Waals surface area contributed by atoms with Crippen molar-refractivity contribution in [3.05, 3.63) is 59.4 Å². The first-order valence-corrected chi connectivity index (χ1v) is 7.02. The van der Waals surface area contributed by atoms with Gasteiger partial charge in [0.2, 0.25) is 0 Å². The van der Waals surface area contributed by atoms with Crippen molar-refractivity contribution in [1.82, 2.24) is 15.3 Å². The zero-order valence-electron chi connectivity index (χ0n) is 11.9. The topological polar surface area (TPSA) is 37.8 Å². The molecule has 0 aromatic carbocycles. The smallest absolute Gasteiger partial charge is 0.141 e. The molecule has 106 valence electrons. The maximum Gasteiger partial charge on any atom is 0.141 e. The van der Waals surface area contributed by atoms with Crippen LogP contribution >= 0.6 is 0 Å². The number of nitrogens with one attached hydrogen (secondary N) is 1. The average molecular weight is 273 g/mol. The Kier molecular flexibility index (Phi) is 5.18. The molecule has 4 heteroatoms. The third-order valence-electron chi connectivity index (χ3n) is 3.29. The molecular weight excluding hydrogens is 253 g/mol. The molecule has 0 fully saturated rings. The SMILES string of the molecule is CCCNC(c1cncc(F)c1)c1ccncc1CC. The van der Waals surface area contributed by atoms with E-state index < -0.39 is 0 Å². The van der Waals surface area contributed by atoms with Crippen LogP contribution in [0.2, 0.25) is 0 Å². The van der Waals surface area contributed by atoms with E-state index in [1.165, 1.54) is 11.8 Å². The Balaban J connectivity index is 2.41. The van der Waals surface area contributed by atoms with Crippen molar-refractivity contribution >= 4 is 0 Å². The van der Waals surface area contributed by atoms with Gasteiger partial charge < -0.3 is 5.32 Å². The van der Waals surface area contributed by atoms with Gasteiger partial charge in [0.05, 0.1) is 12.2 Å². The van der Waals surface area contributed by atoms with Gasteiger partial charge in [0, 0.05) is 18.6 Å². The molecule has 0 aliphatic heterocycles. The molecule has 0 amide bonds. The summed E-state index contributed by atoms with van der Waals surface area (Å²) in [7, 11) is 0. The van der Waals surface area contributed by atoms with Crippen LogP contribution in [0.3, 0.4) is 0 Å². The molecule has 2 heterocycles. The molecule has 0 bridgehead atoms. The third-order valence-corrected chi connectivity index (χ3v) is 3.29. The highest BCUT2D eigenvalue weighted by Gasteiger charge is 2.17. The molecule has 2 aromatic rings. The lowest BCUT2D eigenvalue weighted by atomic mass is 9.95. The molecule has 0 saturated heterocycles. The van der Waals surface area contributed by atoms with E-state index in [4.69, 9.17) is 0 Å². The molecule has 1 N–H and O–H groups in total. The largest absolute Gasteiger partial charge is 0.306 e. The second kappa shape index (κ2) is 7.10. The fraction of sp³-hybridized carbons (Fsp3) is 0.375. The Bertz CT molecular complexity index is 557. The third kappa shape index (κ3) is 3.39. The second-order valence-corrected chi connectivity index (χ2v) is 4.75. The van der Waals surface area contributed by atoms with Crippen molar-refractivity contribution in [2.24, 2.45) is 0 Å². The molecular formula is C16H20FN3. The molecule has 0 spiro atoms. The van der Waals surface area contributed by atoms with E-state index in [0.717, 1.165) is 30.5 Å². The monoisotopic (exact) mass is 273 g/mol. The lowest BCUT2D eigenvalue weighted by molar-refractivity contribution is 0.577. The lowest BCUT2D eigenvalue weighted by Gasteiger charge is -2.21.